The summed E-state index contributed by atoms with van der Waals surface area (Å²) >= 11 is 0. The smallest absolute Gasteiger partial charge is 0.250 e. The number of nitrogens with one attached hydrogen (secondary N) is 1. The van der Waals surface area contributed by atoms with E-state index in [4.69, 9.17) is 0 Å². The minimum Gasteiger partial charge on any atom is -0.339 e. The van der Waals surface area contributed by atoms with Gasteiger partial charge in [-0.1, -0.05) is 54.6 Å². The van der Waals surface area contributed by atoms with Gasteiger partial charge in [0.25, 0.3) is 5.91 Å². The molecule has 0 aromatic heterocycles. The van der Waals surface area contributed by atoms with Crippen LogP contribution in [0.5, 0.6) is 0 Å². The quantitative estimate of drug-likeness (QED) is 0.480. The third kappa shape index (κ3) is 5.58. The van der Waals surface area contributed by atoms with Crippen LogP contribution in [-0.2, 0) is 14.4 Å². The molecule has 0 bridgehead atoms. The van der Waals surface area contributed by atoms with Crippen molar-refractivity contribution in [1.82, 2.24) is 9.80 Å². The van der Waals surface area contributed by atoms with E-state index in [2.05, 4.69) is 10.2 Å². The van der Waals surface area contributed by atoms with Gasteiger partial charge >= 0.3 is 0 Å². The molecule has 39 heavy (non-hydrogen) atoms. The largest absolute Gasteiger partial charge is 0.339 e. The van der Waals surface area contributed by atoms with E-state index in [1.54, 1.807) is 15.9 Å². The Labute approximate surface area is 229 Å². The van der Waals surface area contributed by atoms with E-state index >= 15 is 0 Å². The number of anilines is 2. The fourth-order valence-electron chi connectivity index (χ4n) is 5.45. The van der Waals surface area contributed by atoms with E-state index in [1.807, 2.05) is 98.8 Å². The summed E-state index contributed by atoms with van der Waals surface area (Å²) in [6, 6.07) is 25.4. The van der Waals surface area contributed by atoms with Crippen LogP contribution >= 0.6 is 0 Å². The lowest BCUT2D eigenvalue weighted by Gasteiger charge is -2.43. The molecule has 0 unspecified atom stereocenters. The molecule has 2 fully saturated rings. The highest BCUT2D eigenvalue weighted by atomic mass is 16.2. The third-order valence-electron chi connectivity index (χ3n) is 7.83. The molecule has 1 spiro atoms. The van der Waals surface area contributed by atoms with Crippen LogP contribution in [0.4, 0.5) is 11.4 Å². The van der Waals surface area contributed by atoms with Gasteiger partial charge in [0.15, 0.2) is 0 Å². The number of nitrogens with zero attached hydrogens (tertiary/aromatic N) is 3. The Balaban J connectivity index is 1.30. The molecule has 3 aromatic carbocycles. The third-order valence-corrected chi connectivity index (χ3v) is 7.83. The lowest BCUT2D eigenvalue weighted by atomic mass is 9.85. The first kappa shape index (κ1) is 26.2. The Morgan fingerprint density at radius 1 is 0.897 bits per heavy atom. The molecular weight excluding hydrogens is 488 g/mol. The fourth-order valence-corrected chi connectivity index (χ4v) is 5.45. The molecule has 3 aromatic rings. The minimum atomic E-state index is -0.790. The minimum absolute atomic E-state index is 0.0285. The van der Waals surface area contributed by atoms with Crippen molar-refractivity contribution >= 4 is 35.2 Å². The van der Waals surface area contributed by atoms with Crippen molar-refractivity contribution in [1.29, 1.82) is 0 Å². The maximum atomic E-state index is 13.9. The van der Waals surface area contributed by atoms with E-state index in [0.717, 1.165) is 28.1 Å². The topological polar surface area (TPSA) is 73.0 Å². The molecule has 2 aliphatic heterocycles. The van der Waals surface area contributed by atoms with Crippen LogP contribution in [0.25, 0.3) is 6.08 Å². The lowest BCUT2D eigenvalue weighted by molar-refractivity contribution is -0.138. The SMILES string of the molecule is Cc1ccc(NC(=O)CN2CN(c3ccccc3)C3(CCN(C(=O)C=Cc4ccccc4)CC3)C2=O)cc1C. The molecule has 2 saturated heterocycles. The van der Waals surface area contributed by atoms with Crippen molar-refractivity contribution in [3.05, 3.63) is 102 Å². The van der Waals surface area contributed by atoms with Crippen molar-refractivity contribution in [2.24, 2.45) is 0 Å². The van der Waals surface area contributed by atoms with Crippen molar-refractivity contribution < 1.29 is 14.4 Å². The number of para-hydroxylation sites is 1. The number of hydrogen-bond acceptors (Lipinski definition) is 4. The maximum absolute atomic E-state index is 13.9. The molecular formula is C32H34N4O3. The van der Waals surface area contributed by atoms with Gasteiger partial charge in [0, 0.05) is 30.5 Å². The molecule has 2 aliphatic rings. The van der Waals surface area contributed by atoms with Crippen LogP contribution in [0.2, 0.25) is 0 Å². The monoisotopic (exact) mass is 522 g/mol. The number of carbonyl (C=O) groups is 3. The Morgan fingerprint density at radius 3 is 2.23 bits per heavy atom. The van der Waals surface area contributed by atoms with Gasteiger partial charge in [0.1, 0.15) is 12.1 Å². The zero-order chi connectivity index (χ0) is 27.4. The summed E-state index contributed by atoms with van der Waals surface area (Å²) < 4.78 is 0. The number of carbonyl (C=O) groups excluding carboxylic acids is 3. The average molecular weight is 523 g/mol. The normalized spacial score (nSPS) is 16.8. The number of amides is 3. The maximum Gasteiger partial charge on any atom is 0.250 e. The summed E-state index contributed by atoms with van der Waals surface area (Å²) in [5.74, 6) is -0.348. The van der Waals surface area contributed by atoms with Crippen molar-refractivity contribution in [2.45, 2.75) is 32.2 Å². The molecule has 1 N–H and O–H groups in total. The number of hydrogen-bond donors (Lipinski definition) is 1. The first-order chi connectivity index (χ1) is 18.9. The molecule has 0 aliphatic carbocycles. The van der Waals surface area contributed by atoms with Gasteiger partial charge in [-0.25, -0.2) is 0 Å². The predicted molar refractivity (Wildman–Crippen MR) is 154 cm³/mol. The van der Waals surface area contributed by atoms with Gasteiger partial charge in [0.2, 0.25) is 11.8 Å². The van der Waals surface area contributed by atoms with Gasteiger partial charge < -0.3 is 20.0 Å². The second-order valence-corrected chi connectivity index (χ2v) is 10.4. The van der Waals surface area contributed by atoms with E-state index in [9.17, 15) is 14.4 Å². The van der Waals surface area contributed by atoms with Crippen LogP contribution in [0.1, 0.15) is 29.5 Å². The molecule has 0 atom stereocenters. The predicted octanol–water partition coefficient (Wildman–Crippen LogP) is 4.62. The van der Waals surface area contributed by atoms with Crippen LogP contribution in [0, 0.1) is 13.8 Å². The molecule has 0 radical (unpaired) electrons. The molecule has 2 heterocycles. The highest BCUT2D eigenvalue weighted by Crippen LogP contribution is 2.39. The standard InChI is InChI=1S/C32H34N4O3/c1-24-13-15-27(21-25(24)2)33-29(37)22-35-23-36(28-11-7-4-8-12-28)32(31(35)39)17-19-34(20-18-32)30(38)16-14-26-9-5-3-6-10-26/h3-16,21H,17-20,22-23H2,1-2H3,(H,33,37). The highest BCUT2D eigenvalue weighted by molar-refractivity contribution is 5.99. The molecule has 7 nitrogen and oxygen atoms in total. The van der Waals surface area contributed by atoms with Crippen LogP contribution in [0.3, 0.4) is 0 Å². The van der Waals surface area contributed by atoms with Gasteiger partial charge in [-0.2, -0.15) is 0 Å². The van der Waals surface area contributed by atoms with E-state index in [1.165, 1.54) is 0 Å². The zero-order valence-corrected chi connectivity index (χ0v) is 22.5. The summed E-state index contributed by atoms with van der Waals surface area (Å²) in [5.41, 5.74) is 4.09. The van der Waals surface area contributed by atoms with Gasteiger partial charge in [-0.3, -0.25) is 14.4 Å². The number of rotatable bonds is 6. The van der Waals surface area contributed by atoms with Crippen LogP contribution < -0.4 is 10.2 Å². The molecule has 7 heteroatoms. The second kappa shape index (κ2) is 11.2. The summed E-state index contributed by atoms with van der Waals surface area (Å²) in [6.45, 7) is 5.26. The van der Waals surface area contributed by atoms with Gasteiger partial charge in [0.05, 0.1) is 6.67 Å². The lowest BCUT2D eigenvalue weighted by Crippen LogP contribution is -2.57. The summed E-state index contributed by atoms with van der Waals surface area (Å²) in [4.78, 5) is 45.4. The number of aryl methyl sites for hydroxylation is 2. The Kier molecular flexibility index (Phi) is 7.50. The first-order valence-electron chi connectivity index (χ1n) is 13.4. The van der Waals surface area contributed by atoms with Crippen molar-refractivity contribution in [3.63, 3.8) is 0 Å². The number of benzene rings is 3. The van der Waals surface area contributed by atoms with Gasteiger partial charge in [-0.05, 0) is 73.7 Å². The van der Waals surface area contributed by atoms with Crippen molar-refractivity contribution in [2.75, 3.05) is 36.5 Å². The molecule has 0 saturated carbocycles. The van der Waals surface area contributed by atoms with E-state index < -0.39 is 5.54 Å². The van der Waals surface area contributed by atoms with Gasteiger partial charge in [-0.15, -0.1) is 0 Å². The summed E-state index contributed by atoms with van der Waals surface area (Å²) in [7, 11) is 0. The van der Waals surface area contributed by atoms with Crippen LogP contribution in [-0.4, -0.2) is 59.4 Å². The number of likely N-dealkylation sites (tertiary alicyclic amines) is 1. The molecule has 5 rings (SSSR count). The molecule has 3 amide bonds. The van der Waals surface area contributed by atoms with Crippen molar-refractivity contribution in [3.8, 4) is 0 Å². The fraction of sp³-hybridized carbons (Fsp3) is 0.281. The Morgan fingerprint density at radius 2 is 1.56 bits per heavy atom. The first-order valence-corrected chi connectivity index (χ1v) is 13.4. The average Bonchev–Trinajstić information content (AvgIpc) is 3.21. The Bertz CT molecular complexity index is 1380. The van der Waals surface area contributed by atoms with E-state index in [0.29, 0.717) is 32.6 Å². The summed E-state index contributed by atoms with van der Waals surface area (Å²) in [5, 5.41) is 2.94. The van der Waals surface area contributed by atoms with E-state index in [-0.39, 0.29) is 24.3 Å². The zero-order valence-electron chi connectivity index (χ0n) is 22.5. The molecule has 200 valence electrons. The highest BCUT2D eigenvalue weighted by Gasteiger charge is 2.54. The number of piperidine rings is 1. The second-order valence-electron chi connectivity index (χ2n) is 10.4. The Hall–Kier alpha value is -4.39. The summed E-state index contributed by atoms with van der Waals surface area (Å²) in [6.07, 6.45) is 4.42. The van der Waals surface area contributed by atoms with Crippen LogP contribution in [0.15, 0.2) is 84.9 Å².